The van der Waals surface area contributed by atoms with Gasteiger partial charge >= 0.3 is 0 Å². The van der Waals surface area contributed by atoms with Gasteiger partial charge in [-0.05, 0) is 36.1 Å². The Labute approximate surface area is 120 Å². The molecule has 0 aliphatic rings. The first kappa shape index (κ1) is 12.9. The molecule has 0 saturated heterocycles. The molecule has 3 rings (SSSR count). The van der Waals surface area contributed by atoms with Gasteiger partial charge in [0.25, 0.3) is 0 Å². The van der Waals surface area contributed by atoms with Gasteiger partial charge in [0.2, 0.25) is 5.56 Å². The van der Waals surface area contributed by atoms with Crippen molar-refractivity contribution in [1.82, 2.24) is 9.55 Å². The molecule has 1 N–H and O–H groups in total. The summed E-state index contributed by atoms with van der Waals surface area (Å²) in [7, 11) is 1.75. The van der Waals surface area contributed by atoms with Crippen LogP contribution in [0.4, 0.5) is 5.69 Å². The quantitative estimate of drug-likeness (QED) is 0.804. The Morgan fingerprint density at radius 2 is 2.20 bits per heavy atom. The molecule has 4 nitrogen and oxygen atoms in total. The maximum atomic E-state index is 11.4. The molecule has 0 fully saturated rings. The normalized spacial score (nSPS) is 12.5. The number of thiophene rings is 1. The van der Waals surface area contributed by atoms with Gasteiger partial charge in [-0.25, -0.2) is 0 Å². The van der Waals surface area contributed by atoms with Gasteiger partial charge in [0.1, 0.15) is 0 Å². The van der Waals surface area contributed by atoms with Gasteiger partial charge in [-0.3, -0.25) is 9.78 Å². The Bertz CT molecular complexity index is 806. The summed E-state index contributed by atoms with van der Waals surface area (Å²) in [6.45, 7) is 2.08. The highest BCUT2D eigenvalue weighted by atomic mass is 32.1. The fraction of sp³-hybridized carbons (Fsp3) is 0.200. The van der Waals surface area contributed by atoms with E-state index in [0.717, 1.165) is 16.8 Å². The first-order valence-electron chi connectivity index (χ1n) is 6.40. The van der Waals surface area contributed by atoms with Crippen LogP contribution in [0.15, 0.2) is 46.8 Å². The minimum atomic E-state index is -0.00938. The number of anilines is 1. The molecule has 3 aromatic rings. The first-order chi connectivity index (χ1) is 9.63. The van der Waals surface area contributed by atoms with E-state index in [1.165, 1.54) is 4.70 Å². The predicted octanol–water partition coefficient (Wildman–Crippen LogP) is 3.17. The third kappa shape index (κ3) is 2.44. The number of aryl methyl sites for hydroxylation is 1. The number of hydrogen-bond donors (Lipinski definition) is 1. The number of hydrogen-bond acceptors (Lipinski definition) is 4. The Morgan fingerprint density at radius 3 is 3.00 bits per heavy atom. The van der Waals surface area contributed by atoms with Crippen molar-refractivity contribution in [2.24, 2.45) is 7.05 Å². The molecule has 5 heteroatoms. The SMILES string of the molecule is CC(Nc1ccc(=O)n(C)c1)c1cnc2ccsc2c1. The molecule has 0 amide bonds. The van der Waals surface area contributed by atoms with E-state index in [2.05, 4.69) is 23.3 Å². The van der Waals surface area contributed by atoms with Gasteiger partial charge in [0.05, 0.1) is 21.9 Å². The molecular formula is C15H15N3OS. The summed E-state index contributed by atoms with van der Waals surface area (Å²) in [4.78, 5) is 15.8. The number of pyridine rings is 2. The highest BCUT2D eigenvalue weighted by molar-refractivity contribution is 7.17. The third-order valence-electron chi connectivity index (χ3n) is 3.29. The number of nitrogens with zero attached hydrogens (tertiary/aromatic N) is 2. The Balaban J connectivity index is 1.85. The van der Waals surface area contributed by atoms with Crippen LogP contribution in [0.3, 0.4) is 0 Å². The predicted molar refractivity (Wildman–Crippen MR) is 83.3 cm³/mol. The maximum Gasteiger partial charge on any atom is 0.250 e. The van der Waals surface area contributed by atoms with Gasteiger partial charge < -0.3 is 9.88 Å². The molecule has 0 bridgehead atoms. The topological polar surface area (TPSA) is 46.9 Å². The lowest BCUT2D eigenvalue weighted by Crippen LogP contribution is -2.16. The van der Waals surface area contributed by atoms with E-state index in [9.17, 15) is 4.79 Å². The van der Waals surface area contributed by atoms with Crippen molar-refractivity contribution < 1.29 is 0 Å². The zero-order chi connectivity index (χ0) is 14.1. The number of rotatable bonds is 3. The van der Waals surface area contributed by atoms with E-state index >= 15 is 0 Å². The fourth-order valence-electron chi connectivity index (χ4n) is 2.11. The summed E-state index contributed by atoms with van der Waals surface area (Å²) in [5.41, 5.74) is 3.08. The number of nitrogens with one attached hydrogen (secondary N) is 1. The van der Waals surface area contributed by atoms with Gasteiger partial charge in [-0.1, -0.05) is 0 Å². The second-order valence-corrected chi connectivity index (χ2v) is 5.75. The smallest absolute Gasteiger partial charge is 0.250 e. The lowest BCUT2D eigenvalue weighted by molar-refractivity contribution is 0.839. The van der Waals surface area contributed by atoms with Gasteiger partial charge in [-0.15, -0.1) is 11.3 Å². The summed E-state index contributed by atoms with van der Waals surface area (Å²) in [6, 6.07) is 7.68. The van der Waals surface area contributed by atoms with E-state index in [1.807, 2.05) is 17.6 Å². The summed E-state index contributed by atoms with van der Waals surface area (Å²) in [5.74, 6) is 0. The molecule has 3 heterocycles. The zero-order valence-corrected chi connectivity index (χ0v) is 12.1. The highest BCUT2D eigenvalue weighted by Gasteiger charge is 2.08. The first-order valence-corrected chi connectivity index (χ1v) is 7.28. The highest BCUT2D eigenvalue weighted by Crippen LogP contribution is 2.24. The summed E-state index contributed by atoms with van der Waals surface area (Å²) >= 11 is 1.69. The molecule has 0 saturated carbocycles. The van der Waals surface area contributed by atoms with Crippen LogP contribution in [0, 0.1) is 0 Å². The third-order valence-corrected chi connectivity index (χ3v) is 4.15. The Morgan fingerprint density at radius 1 is 1.35 bits per heavy atom. The lowest BCUT2D eigenvalue weighted by atomic mass is 10.1. The molecule has 0 radical (unpaired) electrons. The summed E-state index contributed by atoms with van der Waals surface area (Å²) in [5, 5.41) is 5.44. The van der Waals surface area contributed by atoms with Crippen molar-refractivity contribution in [2.75, 3.05) is 5.32 Å². The van der Waals surface area contributed by atoms with Crippen LogP contribution in [-0.2, 0) is 7.05 Å². The minimum absolute atomic E-state index is 0.00938. The minimum Gasteiger partial charge on any atom is -0.377 e. The number of aromatic nitrogens is 2. The lowest BCUT2D eigenvalue weighted by Gasteiger charge is -2.16. The van der Waals surface area contributed by atoms with Crippen LogP contribution < -0.4 is 10.9 Å². The average Bonchev–Trinajstić information content (AvgIpc) is 2.90. The number of fused-ring (bicyclic) bond motifs is 1. The standard InChI is InChI=1S/C15H15N3OS/c1-10(17-12-3-4-15(19)18(2)9-12)11-7-14-13(16-8-11)5-6-20-14/h3-10,17H,1-2H3. The largest absolute Gasteiger partial charge is 0.377 e. The molecule has 0 aromatic carbocycles. The molecule has 1 atom stereocenters. The van der Waals surface area contributed by atoms with Crippen molar-refractivity contribution >= 4 is 27.2 Å². The van der Waals surface area contributed by atoms with Crippen molar-refractivity contribution in [3.8, 4) is 0 Å². The van der Waals surface area contributed by atoms with Crippen LogP contribution in [0.5, 0.6) is 0 Å². The molecular weight excluding hydrogens is 270 g/mol. The second kappa shape index (κ2) is 5.09. The van der Waals surface area contributed by atoms with E-state index in [-0.39, 0.29) is 11.6 Å². The average molecular weight is 285 g/mol. The molecule has 0 aliphatic carbocycles. The van der Waals surface area contributed by atoms with Crippen molar-refractivity contribution in [3.63, 3.8) is 0 Å². The van der Waals surface area contributed by atoms with Gasteiger partial charge in [0, 0.05) is 25.5 Å². The van der Waals surface area contributed by atoms with E-state index in [1.54, 1.807) is 41.3 Å². The van der Waals surface area contributed by atoms with Gasteiger partial charge in [0.15, 0.2) is 0 Å². The fourth-order valence-corrected chi connectivity index (χ4v) is 2.90. The van der Waals surface area contributed by atoms with Crippen LogP contribution >= 0.6 is 11.3 Å². The molecule has 3 aromatic heterocycles. The second-order valence-electron chi connectivity index (χ2n) is 4.81. The van der Waals surface area contributed by atoms with Crippen molar-refractivity contribution in [3.05, 3.63) is 58.0 Å². The van der Waals surface area contributed by atoms with Crippen molar-refractivity contribution in [2.45, 2.75) is 13.0 Å². The van der Waals surface area contributed by atoms with Crippen molar-refractivity contribution in [1.29, 1.82) is 0 Å². The zero-order valence-electron chi connectivity index (χ0n) is 11.3. The van der Waals surface area contributed by atoms with Crippen LogP contribution in [0.2, 0.25) is 0 Å². The van der Waals surface area contributed by atoms with Crippen LogP contribution in [0.25, 0.3) is 10.2 Å². The molecule has 0 spiro atoms. The maximum absolute atomic E-state index is 11.4. The molecule has 1 unspecified atom stereocenters. The molecule has 0 aliphatic heterocycles. The van der Waals surface area contributed by atoms with Crippen LogP contribution in [-0.4, -0.2) is 9.55 Å². The van der Waals surface area contributed by atoms with E-state index < -0.39 is 0 Å². The summed E-state index contributed by atoms with van der Waals surface area (Å²) in [6.07, 6.45) is 3.70. The molecule has 20 heavy (non-hydrogen) atoms. The molecule has 102 valence electrons. The monoisotopic (exact) mass is 285 g/mol. The van der Waals surface area contributed by atoms with Gasteiger partial charge in [-0.2, -0.15) is 0 Å². The Hall–Kier alpha value is -2.14. The van der Waals surface area contributed by atoms with Crippen LogP contribution in [0.1, 0.15) is 18.5 Å². The van der Waals surface area contributed by atoms with E-state index in [0.29, 0.717) is 0 Å². The van der Waals surface area contributed by atoms with E-state index in [4.69, 9.17) is 0 Å². The summed E-state index contributed by atoms with van der Waals surface area (Å²) < 4.78 is 2.76. The Kier molecular flexibility index (Phi) is 3.28.